The van der Waals surface area contributed by atoms with Crippen molar-refractivity contribution in [1.29, 1.82) is 0 Å². The summed E-state index contributed by atoms with van der Waals surface area (Å²) < 4.78 is 0. The van der Waals surface area contributed by atoms with Crippen LogP contribution < -0.4 is 10.6 Å². The van der Waals surface area contributed by atoms with Crippen molar-refractivity contribution in [3.05, 3.63) is 0 Å². The number of hydrogen-bond donors (Lipinski definition) is 2. The van der Waals surface area contributed by atoms with Crippen molar-refractivity contribution < 1.29 is 9.59 Å². The third-order valence-electron chi connectivity index (χ3n) is 3.59. The van der Waals surface area contributed by atoms with Crippen molar-refractivity contribution in [1.82, 2.24) is 15.5 Å². The quantitative estimate of drug-likeness (QED) is 0.721. The van der Waals surface area contributed by atoms with Gasteiger partial charge < -0.3 is 15.5 Å². The SMILES string of the molecule is CN1CC(NC(=O)CC2CCCN2)CCC1=O. The largest absolute Gasteiger partial charge is 0.352 e. The highest BCUT2D eigenvalue weighted by atomic mass is 16.2. The van der Waals surface area contributed by atoms with Gasteiger partial charge >= 0.3 is 0 Å². The van der Waals surface area contributed by atoms with Gasteiger partial charge in [0.15, 0.2) is 0 Å². The van der Waals surface area contributed by atoms with Crippen LogP contribution in [0.1, 0.15) is 32.1 Å². The van der Waals surface area contributed by atoms with Crippen molar-refractivity contribution >= 4 is 11.8 Å². The lowest BCUT2D eigenvalue weighted by atomic mass is 10.0. The van der Waals surface area contributed by atoms with Gasteiger partial charge in [-0.05, 0) is 25.8 Å². The summed E-state index contributed by atoms with van der Waals surface area (Å²) in [6, 6.07) is 0.476. The molecule has 0 aromatic rings. The molecule has 2 unspecified atom stereocenters. The first kappa shape index (κ1) is 12.4. The Labute approximate surface area is 102 Å². The normalized spacial score (nSPS) is 29.5. The second kappa shape index (κ2) is 5.49. The van der Waals surface area contributed by atoms with Crippen LogP contribution >= 0.6 is 0 Å². The lowest BCUT2D eigenvalue weighted by molar-refractivity contribution is -0.134. The molecule has 2 aliphatic heterocycles. The maximum Gasteiger partial charge on any atom is 0.222 e. The zero-order valence-electron chi connectivity index (χ0n) is 10.4. The summed E-state index contributed by atoms with van der Waals surface area (Å²) in [7, 11) is 1.79. The molecule has 0 bridgehead atoms. The van der Waals surface area contributed by atoms with E-state index >= 15 is 0 Å². The van der Waals surface area contributed by atoms with Gasteiger partial charge in [0.05, 0.1) is 0 Å². The number of likely N-dealkylation sites (tertiary alicyclic amines) is 1. The molecule has 0 aliphatic carbocycles. The number of likely N-dealkylation sites (N-methyl/N-ethyl adjacent to an activating group) is 1. The van der Waals surface area contributed by atoms with E-state index in [1.165, 1.54) is 6.42 Å². The summed E-state index contributed by atoms with van der Waals surface area (Å²) in [5, 5.41) is 6.34. The molecular formula is C12H21N3O2. The molecule has 5 nitrogen and oxygen atoms in total. The van der Waals surface area contributed by atoms with Crippen LogP contribution in [0.25, 0.3) is 0 Å². The molecule has 0 aromatic heterocycles. The molecule has 5 heteroatoms. The van der Waals surface area contributed by atoms with Crippen molar-refractivity contribution in [3.63, 3.8) is 0 Å². The van der Waals surface area contributed by atoms with Gasteiger partial charge in [0.25, 0.3) is 0 Å². The minimum Gasteiger partial charge on any atom is -0.352 e. The topological polar surface area (TPSA) is 61.4 Å². The minimum absolute atomic E-state index is 0.108. The fourth-order valence-corrected chi connectivity index (χ4v) is 2.57. The van der Waals surface area contributed by atoms with Crippen LogP contribution in [-0.2, 0) is 9.59 Å². The van der Waals surface area contributed by atoms with E-state index in [2.05, 4.69) is 10.6 Å². The number of nitrogens with one attached hydrogen (secondary N) is 2. The minimum atomic E-state index is 0.108. The van der Waals surface area contributed by atoms with Crippen LogP contribution in [0.4, 0.5) is 0 Å². The van der Waals surface area contributed by atoms with Gasteiger partial charge in [-0.3, -0.25) is 9.59 Å². The van der Waals surface area contributed by atoms with E-state index in [0.717, 1.165) is 19.4 Å². The number of carbonyl (C=O) groups excluding carboxylic acids is 2. The van der Waals surface area contributed by atoms with Crippen LogP contribution in [-0.4, -0.2) is 48.9 Å². The first-order chi connectivity index (χ1) is 8.15. The van der Waals surface area contributed by atoms with E-state index in [1.54, 1.807) is 11.9 Å². The van der Waals surface area contributed by atoms with Crippen LogP contribution in [0.15, 0.2) is 0 Å². The molecule has 2 fully saturated rings. The monoisotopic (exact) mass is 239 g/mol. The maximum absolute atomic E-state index is 11.8. The highest BCUT2D eigenvalue weighted by molar-refractivity contribution is 5.79. The lowest BCUT2D eigenvalue weighted by Gasteiger charge is -2.30. The van der Waals surface area contributed by atoms with Crippen LogP contribution in [0.5, 0.6) is 0 Å². The van der Waals surface area contributed by atoms with Gasteiger partial charge in [-0.1, -0.05) is 0 Å². The summed E-state index contributed by atoms with van der Waals surface area (Å²) in [6.45, 7) is 1.67. The second-order valence-electron chi connectivity index (χ2n) is 5.07. The van der Waals surface area contributed by atoms with E-state index in [4.69, 9.17) is 0 Å². The van der Waals surface area contributed by atoms with Crippen molar-refractivity contribution in [2.24, 2.45) is 0 Å². The zero-order chi connectivity index (χ0) is 12.3. The first-order valence-corrected chi connectivity index (χ1v) is 6.42. The highest BCUT2D eigenvalue weighted by Crippen LogP contribution is 2.12. The Hall–Kier alpha value is -1.10. The molecule has 2 amide bonds. The molecule has 2 N–H and O–H groups in total. The molecule has 0 aromatic carbocycles. The van der Waals surface area contributed by atoms with Crippen molar-refractivity contribution in [3.8, 4) is 0 Å². The van der Waals surface area contributed by atoms with Crippen LogP contribution in [0, 0.1) is 0 Å². The van der Waals surface area contributed by atoms with Crippen molar-refractivity contribution in [2.45, 2.75) is 44.2 Å². The predicted molar refractivity (Wildman–Crippen MR) is 64.4 cm³/mol. The van der Waals surface area contributed by atoms with Gasteiger partial charge in [-0.2, -0.15) is 0 Å². The summed E-state index contributed by atoms with van der Waals surface area (Å²) in [6.07, 6.45) is 4.14. The van der Waals surface area contributed by atoms with Crippen LogP contribution in [0.3, 0.4) is 0 Å². The summed E-state index contributed by atoms with van der Waals surface area (Å²) in [5.74, 6) is 0.283. The molecule has 2 rings (SSSR count). The molecule has 2 heterocycles. The summed E-state index contributed by atoms with van der Waals surface area (Å²) >= 11 is 0. The van der Waals surface area contributed by atoms with Crippen LogP contribution in [0.2, 0.25) is 0 Å². The predicted octanol–water partition coefficient (Wildman–Crippen LogP) is -0.134. The summed E-state index contributed by atoms with van der Waals surface area (Å²) in [5.41, 5.74) is 0. The lowest BCUT2D eigenvalue weighted by Crippen LogP contribution is -2.49. The fraction of sp³-hybridized carbons (Fsp3) is 0.833. The molecule has 0 saturated carbocycles. The Balaban J connectivity index is 1.72. The maximum atomic E-state index is 11.8. The average molecular weight is 239 g/mol. The van der Waals surface area contributed by atoms with Gasteiger partial charge in [-0.15, -0.1) is 0 Å². The third-order valence-corrected chi connectivity index (χ3v) is 3.59. The number of amides is 2. The number of rotatable bonds is 3. The standard InChI is InChI=1S/C12H21N3O2/c1-15-8-10(4-5-12(15)17)14-11(16)7-9-3-2-6-13-9/h9-10,13H,2-8H2,1H3,(H,14,16). The number of hydrogen-bond acceptors (Lipinski definition) is 3. The Morgan fingerprint density at radius 3 is 3.00 bits per heavy atom. The van der Waals surface area contributed by atoms with Crippen molar-refractivity contribution in [2.75, 3.05) is 20.1 Å². The van der Waals surface area contributed by atoms with Gasteiger partial charge in [-0.25, -0.2) is 0 Å². The summed E-state index contributed by atoms with van der Waals surface area (Å²) in [4.78, 5) is 24.8. The Bertz CT molecular complexity index is 300. The first-order valence-electron chi connectivity index (χ1n) is 6.42. The molecule has 0 spiro atoms. The Kier molecular flexibility index (Phi) is 3.99. The van der Waals surface area contributed by atoms with Gasteiger partial charge in [0.2, 0.25) is 11.8 Å². The van der Waals surface area contributed by atoms with E-state index < -0.39 is 0 Å². The Morgan fingerprint density at radius 1 is 1.53 bits per heavy atom. The second-order valence-corrected chi connectivity index (χ2v) is 5.07. The smallest absolute Gasteiger partial charge is 0.222 e. The van der Waals surface area contributed by atoms with E-state index in [-0.39, 0.29) is 17.9 Å². The molecule has 17 heavy (non-hydrogen) atoms. The fourth-order valence-electron chi connectivity index (χ4n) is 2.57. The zero-order valence-corrected chi connectivity index (χ0v) is 10.4. The van der Waals surface area contributed by atoms with E-state index in [0.29, 0.717) is 25.4 Å². The van der Waals surface area contributed by atoms with E-state index in [9.17, 15) is 9.59 Å². The number of nitrogens with zero attached hydrogens (tertiary/aromatic N) is 1. The Morgan fingerprint density at radius 2 is 2.35 bits per heavy atom. The number of piperidine rings is 1. The average Bonchev–Trinajstić information content (AvgIpc) is 2.76. The van der Waals surface area contributed by atoms with Gasteiger partial charge in [0.1, 0.15) is 0 Å². The molecule has 2 aliphatic rings. The molecule has 96 valence electrons. The molecule has 2 saturated heterocycles. The van der Waals surface area contributed by atoms with E-state index in [1.807, 2.05) is 0 Å². The molecule has 2 atom stereocenters. The third kappa shape index (κ3) is 3.43. The number of carbonyl (C=O) groups is 2. The molecular weight excluding hydrogens is 218 g/mol. The highest BCUT2D eigenvalue weighted by Gasteiger charge is 2.25. The molecule has 0 radical (unpaired) electrons. The van der Waals surface area contributed by atoms with Gasteiger partial charge in [0, 0.05) is 38.5 Å².